The maximum absolute atomic E-state index is 12.4. The van der Waals surface area contributed by atoms with Gasteiger partial charge in [0, 0.05) is 16.9 Å². The van der Waals surface area contributed by atoms with Gasteiger partial charge in [0.25, 0.3) is 5.91 Å². The third-order valence-electron chi connectivity index (χ3n) is 3.63. The average Bonchev–Trinajstić information content (AvgIpc) is 2.65. The van der Waals surface area contributed by atoms with Crippen LogP contribution in [0.3, 0.4) is 0 Å². The van der Waals surface area contributed by atoms with Gasteiger partial charge in [-0.05, 0) is 42.8 Å². The van der Waals surface area contributed by atoms with E-state index in [2.05, 4.69) is 20.6 Å². The number of aryl methyl sites for hydroxylation is 1. The monoisotopic (exact) mass is 363 g/mol. The summed E-state index contributed by atoms with van der Waals surface area (Å²) in [4.78, 5) is 20.8. The molecule has 0 aliphatic rings. The molecule has 0 radical (unpaired) electrons. The molecule has 2 aromatic carbocycles. The van der Waals surface area contributed by atoms with Crippen molar-refractivity contribution in [3.05, 3.63) is 76.6 Å². The van der Waals surface area contributed by atoms with Gasteiger partial charge in [-0.15, -0.1) is 0 Å². The van der Waals surface area contributed by atoms with Crippen molar-refractivity contribution in [3.8, 4) is 6.07 Å². The first-order chi connectivity index (χ1) is 12.6. The molecule has 0 aliphatic heterocycles. The van der Waals surface area contributed by atoms with E-state index >= 15 is 0 Å². The lowest BCUT2D eigenvalue weighted by molar-refractivity contribution is 0.102. The summed E-state index contributed by atoms with van der Waals surface area (Å²) < 4.78 is 0. The molecule has 1 heterocycles. The number of benzene rings is 2. The lowest BCUT2D eigenvalue weighted by Crippen LogP contribution is -2.15. The Bertz CT molecular complexity index is 1010. The van der Waals surface area contributed by atoms with Crippen molar-refractivity contribution in [1.29, 1.82) is 5.26 Å². The van der Waals surface area contributed by atoms with Crippen LogP contribution in [-0.4, -0.2) is 15.9 Å². The van der Waals surface area contributed by atoms with Gasteiger partial charge < -0.3 is 10.6 Å². The molecular formula is C19H14ClN5O. The molecule has 6 nitrogen and oxygen atoms in total. The van der Waals surface area contributed by atoms with E-state index in [0.717, 1.165) is 11.3 Å². The Morgan fingerprint density at radius 1 is 1.15 bits per heavy atom. The molecule has 0 aliphatic carbocycles. The number of halogens is 1. The molecular weight excluding hydrogens is 350 g/mol. The minimum Gasteiger partial charge on any atom is -0.324 e. The molecule has 3 aromatic rings. The highest BCUT2D eigenvalue weighted by molar-refractivity contribution is 6.30. The summed E-state index contributed by atoms with van der Waals surface area (Å²) in [6.07, 6.45) is 1.49. The number of hydrogen-bond donors (Lipinski definition) is 2. The molecule has 128 valence electrons. The van der Waals surface area contributed by atoms with Crippen LogP contribution in [0, 0.1) is 18.3 Å². The topological polar surface area (TPSA) is 90.7 Å². The van der Waals surface area contributed by atoms with Crippen molar-refractivity contribution in [3.63, 3.8) is 0 Å². The summed E-state index contributed by atoms with van der Waals surface area (Å²) >= 11 is 6.01. The zero-order valence-electron chi connectivity index (χ0n) is 13.8. The predicted molar refractivity (Wildman–Crippen MR) is 101 cm³/mol. The van der Waals surface area contributed by atoms with E-state index < -0.39 is 5.91 Å². The number of nitrogens with zero attached hydrogens (tertiary/aromatic N) is 3. The summed E-state index contributed by atoms with van der Waals surface area (Å²) in [5.41, 5.74) is 2.71. The van der Waals surface area contributed by atoms with E-state index in [1.54, 1.807) is 36.4 Å². The molecule has 7 heteroatoms. The van der Waals surface area contributed by atoms with Crippen LogP contribution in [0.2, 0.25) is 5.02 Å². The second kappa shape index (κ2) is 7.64. The highest BCUT2D eigenvalue weighted by atomic mass is 35.5. The van der Waals surface area contributed by atoms with Gasteiger partial charge in [0.1, 0.15) is 11.8 Å². The molecule has 2 N–H and O–H groups in total. The summed E-state index contributed by atoms with van der Waals surface area (Å²) in [6.45, 7) is 1.92. The number of hydrogen-bond acceptors (Lipinski definition) is 5. The summed E-state index contributed by atoms with van der Waals surface area (Å²) in [5.74, 6) is -0.155. The van der Waals surface area contributed by atoms with Crippen LogP contribution >= 0.6 is 11.6 Å². The number of carbonyl (C=O) groups excluding carboxylic acids is 1. The fourth-order valence-electron chi connectivity index (χ4n) is 2.27. The van der Waals surface area contributed by atoms with E-state index in [9.17, 15) is 4.79 Å². The summed E-state index contributed by atoms with van der Waals surface area (Å²) in [7, 11) is 0. The standard InChI is InChI=1S/C19H14ClN5O/c1-12-6-7-14(20)10-17(12)25-19-22-9-8-16(24-19)18(26)23-15-5-3-2-4-13(15)11-21/h2-10H,1H3,(H,23,26)(H,22,24,25). The van der Waals surface area contributed by atoms with Crippen LogP contribution in [0.15, 0.2) is 54.7 Å². The number of amides is 1. The number of anilines is 3. The van der Waals surface area contributed by atoms with E-state index in [4.69, 9.17) is 16.9 Å². The quantitative estimate of drug-likeness (QED) is 0.720. The van der Waals surface area contributed by atoms with Crippen LogP contribution in [0.1, 0.15) is 21.6 Å². The van der Waals surface area contributed by atoms with Gasteiger partial charge >= 0.3 is 0 Å². The Labute approximate surface area is 155 Å². The zero-order valence-corrected chi connectivity index (χ0v) is 14.6. The number of para-hydroxylation sites is 1. The van der Waals surface area contributed by atoms with Crippen molar-refractivity contribution >= 4 is 34.8 Å². The van der Waals surface area contributed by atoms with Crippen LogP contribution < -0.4 is 10.6 Å². The van der Waals surface area contributed by atoms with Gasteiger partial charge in [-0.2, -0.15) is 5.26 Å². The maximum atomic E-state index is 12.4. The molecule has 0 atom stereocenters. The second-order valence-electron chi connectivity index (χ2n) is 5.46. The number of carbonyl (C=O) groups is 1. The minimum absolute atomic E-state index is 0.176. The first-order valence-corrected chi connectivity index (χ1v) is 8.11. The Morgan fingerprint density at radius 3 is 2.77 bits per heavy atom. The smallest absolute Gasteiger partial charge is 0.274 e. The van der Waals surface area contributed by atoms with Gasteiger partial charge in [-0.3, -0.25) is 4.79 Å². The van der Waals surface area contributed by atoms with Gasteiger partial charge in [0.05, 0.1) is 11.3 Å². The molecule has 0 saturated heterocycles. The largest absolute Gasteiger partial charge is 0.324 e. The fourth-order valence-corrected chi connectivity index (χ4v) is 2.44. The molecule has 0 fully saturated rings. The third kappa shape index (κ3) is 3.97. The Kier molecular flexibility index (Phi) is 5.11. The summed E-state index contributed by atoms with van der Waals surface area (Å²) in [5, 5.41) is 15.4. The maximum Gasteiger partial charge on any atom is 0.274 e. The summed E-state index contributed by atoms with van der Waals surface area (Å²) in [6, 6.07) is 15.7. The fraction of sp³-hybridized carbons (Fsp3) is 0.0526. The normalized spacial score (nSPS) is 10.0. The molecule has 0 bridgehead atoms. The molecule has 1 aromatic heterocycles. The lowest BCUT2D eigenvalue weighted by Gasteiger charge is -2.10. The molecule has 0 unspecified atom stereocenters. The highest BCUT2D eigenvalue weighted by Gasteiger charge is 2.12. The van der Waals surface area contributed by atoms with Crippen molar-refractivity contribution in [2.75, 3.05) is 10.6 Å². The minimum atomic E-state index is -0.430. The van der Waals surface area contributed by atoms with Crippen molar-refractivity contribution < 1.29 is 4.79 Å². The Hall–Kier alpha value is -3.43. The van der Waals surface area contributed by atoms with Gasteiger partial charge in [-0.25, -0.2) is 9.97 Å². The van der Waals surface area contributed by atoms with E-state index in [1.165, 1.54) is 12.3 Å². The second-order valence-corrected chi connectivity index (χ2v) is 5.90. The predicted octanol–water partition coefficient (Wildman–Crippen LogP) is 4.31. The van der Waals surface area contributed by atoms with Crippen LogP contribution in [0.4, 0.5) is 17.3 Å². The van der Waals surface area contributed by atoms with E-state index in [0.29, 0.717) is 16.3 Å². The van der Waals surface area contributed by atoms with Crippen LogP contribution in [0.5, 0.6) is 0 Å². The number of nitrogens with one attached hydrogen (secondary N) is 2. The van der Waals surface area contributed by atoms with Crippen molar-refractivity contribution in [1.82, 2.24) is 9.97 Å². The molecule has 3 rings (SSSR count). The van der Waals surface area contributed by atoms with Crippen molar-refractivity contribution in [2.45, 2.75) is 6.92 Å². The van der Waals surface area contributed by atoms with Gasteiger partial charge in [0.15, 0.2) is 0 Å². The van der Waals surface area contributed by atoms with Crippen molar-refractivity contribution in [2.24, 2.45) is 0 Å². The van der Waals surface area contributed by atoms with Gasteiger partial charge in [0.2, 0.25) is 5.95 Å². The Morgan fingerprint density at radius 2 is 1.96 bits per heavy atom. The van der Waals surface area contributed by atoms with E-state index in [1.807, 2.05) is 19.1 Å². The average molecular weight is 364 g/mol. The lowest BCUT2D eigenvalue weighted by atomic mass is 10.2. The SMILES string of the molecule is Cc1ccc(Cl)cc1Nc1nccc(C(=O)Nc2ccccc2C#N)n1. The first-order valence-electron chi connectivity index (χ1n) is 7.73. The molecule has 26 heavy (non-hydrogen) atoms. The first kappa shape index (κ1) is 17.4. The molecule has 0 spiro atoms. The number of rotatable bonds is 4. The zero-order chi connectivity index (χ0) is 18.5. The molecule has 0 saturated carbocycles. The van der Waals surface area contributed by atoms with Crippen LogP contribution in [-0.2, 0) is 0 Å². The highest BCUT2D eigenvalue weighted by Crippen LogP contribution is 2.22. The Balaban J connectivity index is 1.82. The third-order valence-corrected chi connectivity index (χ3v) is 3.87. The molecule has 1 amide bonds. The number of aromatic nitrogens is 2. The van der Waals surface area contributed by atoms with Crippen LogP contribution in [0.25, 0.3) is 0 Å². The number of nitriles is 1. The van der Waals surface area contributed by atoms with E-state index in [-0.39, 0.29) is 11.6 Å². The van der Waals surface area contributed by atoms with Gasteiger partial charge in [-0.1, -0.05) is 29.8 Å².